The van der Waals surface area contributed by atoms with Crippen molar-refractivity contribution in [2.24, 2.45) is 5.92 Å². The standard InChI is InChI=1S/C22H22ClN5O3S/c1-12-13(5-7-16(25-12)17-3-2-10-32-17)4-6-15-19(23)26-21(24)27-20(15)28-22(31)9-8-14(11-29)18(22)30/h2-3,5,7,10,14,18,29-31H,8-9,11H2,1H3,(H3,24,26,27,28). The third-order valence-electron chi connectivity index (χ3n) is 5.47. The molecule has 6 N–H and O–H groups in total. The third kappa shape index (κ3) is 4.41. The summed E-state index contributed by atoms with van der Waals surface area (Å²) in [6.45, 7) is 1.63. The highest BCUT2D eigenvalue weighted by molar-refractivity contribution is 7.13. The predicted octanol–water partition coefficient (Wildman–Crippen LogP) is 2.41. The van der Waals surface area contributed by atoms with E-state index in [1.165, 1.54) is 0 Å². The second-order valence-corrected chi connectivity index (χ2v) is 8.93. The maximum absolute atomic E-state index is 10.9. The van der Waals surface area contributed by atoms with Crippen LogP contribution in [0, 0.1) is 24.7 Å². The van der Waals surface area contributed by atoms with Crippen LogP contribution in [0.1, 0.15) is 29.7 Å². The molecule has 1 aliphatic carbocycles. The van der Waals surface area contributed by atoms with Crippen molar-refractivity contribution in [2.45, 2.75) is 31.6 Å². The van der Waals surface area contributed by atoms with Crippen LogP contribution in [0.5, 0.6) is 0 Å². The van der Waals surface area contributed by atoms with E-state index in [4.69, 9.17) is 17.3 Å². The summed E-state index contributed by atoms with van der Waals surface area (Å²) >= 11 is 7.89. The Morgan fingerprint density at radius 1 is 1.28 bits per heavy atom. The largest absolute Gasteiger partial charge is 0.396 e. The van der Waals surface area contributed by atoms with Crippen molar-refractivity contribution in [3.05, 3.63) is 51.6 Å². The minimum atomic E-state index is -1.70. The Labute approximate surface area is 194 Å². The van der Waals surface area contributed by atoms with Crippen LogP contribution in [-0.4, -0.2) is 48.7 Å². The Morgan fingerprint density at radius 3 is 2.75 bits per heavy atom. The molecule has 3 atom stereocenters. The van der Waals surface area contributed by atoms with E-state index in [1.54, 1.807) is 11.3 Å². The van der Waals surface area contributed by atoms with Crippen LogP contribution in [0.25, 0.3) is 10.6 Å². The zero-order valence-corrected chi connectivity index (χ0v) is 18.8. The molecule has 1 saturated carbocycles. The number of nitrogens with zero attached hydrogens (tertiary/aromatic N) is 3. The fourth-order valence-electron chi connectivity index (χ4n) is 3.67. The lowest BCUT2D eigenvalue weighted by Crippen LogP contribution is -2.48. The minimum absolute atomic E-state index is 0.0168. The molecule has 10 heteroatoms. The van der Waals surface area contributed by atoms with Gasteiger partial charge >= 0.3 is 0 Å². The number of aliphatic hydroxyl groups excluding tert-OH is 2. The van der Waals surface area contributed by atoms with Gasteiger partial charge in [0.2, 0.25) is 5.95 Å². The molecule has 3 aromatic heterocycles. The summed E-state index contributed by atoms with van der Waals surface area (Å²) in [6.07, 6.45) is -0.543. The molecule has 0 bridgehead atoms. The molecule has 0 saturated heterocycles. The maximum Gasteiger partial charge on any atom is 0.223 e. The number of aliphatic hydroxyl groups is 3. The minimum Gasteiger partial charge on any atom is -0.396 e. The van der Waals surface area contributed by atoms with Gasteiger partial charge in [0.15, 0.2) is 16.7 Å². The number of hydrogen-bond acceptors (Lipinski definition) is 9. The molecule has 8 nitrogen and oxygen atoms in total. The molecule has 0 radical (unpaired) electrons. The van der Waals surface area contributed by atoms with Gasteiger partial charge in [-0.3, -0.25) is 4.98 Å². The van der Waals surface area contributed by atoms with Gasteiger partial charge in [0.1, 0.15) is 11.7 Å². The van der Waals surface area contributed by atoms with Crippen LogP contribution < -0.4 is 11.1 Å². The summed E-state index contributed by atoms with van der Waals surface area (Å²) < 4.78 is 0. The number of nitrogens with one attached hydrogen (secondary N) is 1. The molecule has 3 heterocycles. The van der Waals surface area contributed by atoms with Gasteiger partial charge < -0.3 is 26.4 Å². The van der Waals surface area contributed by atoms with Crippen molar-refractivity contribution in [1.29, 1.82) is 0 Å². The first-order valence-corrected chi connectivity index (χ1v) is 11.2. The summed E-state index contributed by atoms with van der Waals surface area (Å²) in [5.74, 6) is 5.53. The van der Waals surface area contributed by atoms with E-state index in [0.717, 1.165) is 16.3 Å². The van der Waals surface area contributed by atoms with Gasteiger partial charge in [-0.1, -0.05) is 29.5 Å². The van der Waals surface area contributed by atoms with Crippen molar-refractivity contribution in [2.75, 3.05) is 17.7 Å². The molecule has 32 heavy (non-hydrogen) atoms. The highest BCUT2D eigenvalue weighted by Crippen LogP contribution is 2.36. The van der Waals surface area contributed by atoms with Crippen molar-refractivity contribution in [3.8, 4) is 22.4 Å². The highest BCUT2D eigenvalue weighted by atomic mass is 35.5. The molecule has 4 rings (SSSR count). The van der Waals surface area contributed by atoms with Crippen LogP contribution in [0.15, 0.2) is 29.6 Å². The molecular weight excluding hydrogens is 450 g/mol. The Morgan fingerprint density at radius 2 is 2.09 bits per heavy atom. The molecule has 3 aromatic rings. The fraction of sp³-hybridized carbons (Fsp3) is 0.318. The third-order valence-corrected chi connectivity index (χ3v) is 6.63. The van der Waals surface area contributed by atoms with E-state index < -0.39 is 17.7 Å². The van der Waals surface area contributed by atoms with Crippen molar-refractivity contribution >= 4 is 34.7 Å². The number of aromatic nitrogens is 3. The van der Waals surface area contributed by atoms with Gasteiger partial charge in [0.25, 0.3) is 0 Å². The number of nitrogens with two attached hydrogens (primary N) is 1. The monoisotopic (exact) mass is 471 g/mol. The number of hydrogen-bond donors (Lipinski definition) is 5. The van der Waals surface area contributed by atoms with Crippen LogP contribution >= 0.6 is 22.9 Å². The normalized spacial score (nSPS) is 22.4. The zero-order chi connectivity index (χ0) is 22.9. The van der Waals surface area contributed by atoms with E-state index in [1.807, 2.05) is 36.6 Å². The SMILES string of the molecule is Cc1nc(-c2cccs2)ccc1C#Cc1c(Cl)nc(N)nc1NC1(O)CCC(CO)C1O. The van der Waals surface area contributed by atoms with Gasteiger partial charge in [-0.15, -0.1) is 11.3 Å². The molecule has 1 fully saturated rings. The first-order valence-electron chi connectivity index (χ1n) is 9.97. The van der Waals surface area contributed by atoms with E-state index in [2.05, 4.69) is 32.1 Å². The number of pyridine rings is 1. The van der Waals surface area contributed by atoms with E-state index in [0.29, 0.717) is 12.0 Å². The Balaban J connectivity index is 1.67. The van der Waals surface area contributed by atoms with Crippen LogP contribution in [0.3, 0.4) is 0 Å². The molecule has 0 aromatic carbocycles. The average Bonchev–Trinajstić information content (AvgIpc) is 3.37. The number of nitrogen functional groups attached to an aromatic ring is 1. The Kier molecular flexibility index (Phi) is 6.33. The molecular formula is C22H22ClN5O3S. The summed E-state index contributed by atoms with van der Waals surface area (Å²) in [5.41, 5.74) is 6.59. The first-order chi connectivity index (χ1) is 15.3. The van der Waals surface area contributed by atoms with Crippen LogP contribution in [-0.2, 0) is 0 Å². The van der Waals surface area contributed by atoms with Gasteiger partial charge in [-0.2, -0.15) is 9.97 Å². The molecule has 0 aliphatic heterocycles. The molecule has 0 spiro atoms. The number of halogens is 1. The Bertz CT molecular complexity index is 1190. The topological polar surface area (TPSA) is 137 Å². The van der Waals surface area contributed by atoms with E-state index in [9.17, 15) is 15.3 Å². The predicted molar refractivity (Wildman–Crippen MR) is 124 cm³/mol. The Hall–Kier alpha value is -2.74. The quantitative estimate of drug-likeness (QED) is 0.222. The zero-order valence-electron chi connectivity index (χ0n) is 17.2. The molecule has 3 unspecified atom stereocenters. The smallest absolute Gasteiger partial charge is 0.223 e. The van der Waals surface area contributed by atoms with Crippen LogP contribution in [0.2, 0.25) is 5.15 Å². The van der Waals surface area contributed by atoms with Gasteiger partial charge in [-0.05, 0) is 43.3 Å². The van der Waals surface area contributed by atoms with Gasteiger partial charge in [0, 0.05) is 18.1 Å². The van der Waals surface area contributed by atoms with Gasteiger partial charge in [-0.25, -0.2) is 0 Å². The molecule has 1 aliphatic rings. The molecule has 0 amide bonds. The summed E-state index contributed by atoms with van der Waals surface area (Å²) in [4.78, 5) is 13.8. The lowest BCUT2D eigenvalue weighted by Gasteiger charge is -2.30. The lowest BCUT2D eigenvalue weighted by atomic mass is 10.0. The second-order valence-electron chi connectivity index (χ2n) is 7.63. The first kappa shape index (κ1) is 22.5. The average molecular weight is 472 g/mol. The van der Waals surface area contributed by atoms with Crippen LogP contribution in [0.4, 0.5) is 11.8 Å². The van der Waals surface area contributed by atoms with Crippen molar-refractivity contribution < 1.29 is 15.3 Å². The van der Waals surface area contributed by atoms with E-state index in [-0.39, 0.29) is 35.5 Å². The fourth-order valence-corrected chi connectivity index (χ4v) is 4.59. The summed E-state index contributed by atoms with van der Waals surface area (Å²) in [5, 5.41) is 35.6. The second kappa shape index (κ2) is 9.02. The highest BCUT2D eigenvalue weighted by Gasteiger charge is 2.47. The lowest BCUT2D eigenvalue weighted by molar-refractivity contribution is -0.0545. The van der Waals surface area contributed by atoms with E-state index >= 15 is 0 Å². The number of aryl methyl sites for hydroxylation is 1. The number of thiophene rings is 1. The number of rotatable bonds is 4. The molecule has 166 valence electrons. The maximum atomic E-state index is 10.9. The van der Waals surface area contributed by atoms with Crippen molar-refractivity contribution in [3.63, 3.8) is 0 Å². The summed E-state index contributed by atoms with van der Waals surface area (Å²) in [6, 6.07) is 7.75. The number of anilines is 2. The van der Waals surface area contributed by atoms with Gasteiger partial charge in [0.05, 0.1) is 16.3 Å². The van der Waals surface area contributed by atoms with Crippen molar-refractivity contribution in [1.82, 2.24) is 15.0 Å². The summed E-state index contributed by atoms with van der Waals surface area (Å²) in [7, 11) is 0.